The van der Waals surface area contributed by atoms with E-state index in [1.165, 1.54) is 0 Å². The molecule has 2 atom stereocenters. The van der Waals surface area contributed by atoms with E-state index in [9.17, 15) is 10.2 Å². The average molecular weight is 156 g/mol. The predicted octanol–water partition coefficient (Wildman–Crippen LogP) is 1.08. The molecular weight excluding hydrogens is 140 g/mol. The van der Waals surface area contributed by atoms with Gasteiger partial charge in [-0.1, -0.05) is 19.9 Å². The lowest BCUT2D eigenvalue weighted by atomic mass is 10.1. The van der Waals surface area contributed by atoms with E-state index in [-0.39, 0.29) is 0 Å². The third kappa shape index (κ3) is 2.04. The second kappa shape index (κ2) is 3.37. The SMILES string of the molecule is CC(C)C=C1C(O)CCC1O. The molecule has 1 aliphatic rings. The zero-order valence-electron chi connectivity index (χ0n) is 7.12. The summed E-state index contributed by atoms with van der Waals surface area (Å²) >= 11 is 0. The molecule has 2 unspecified atom stereocenters. The zero-order valence-corrected chi connectivity index (χ0v) is 7.12. The molecule has 2 nitrogen and oxygen atoms in total. The minimum Gasteiger partial charge on any atom is -0.389 e. The smallest absolute Gasteiger partial charge is 0.0776 e. The molecule has 1 saturated carbocycles. The first-order valence-corrected chi connectivity index (χ1v) is 4.19. The summed E-state index contributed by atoms with van der Waals surface area (Å²) in [5, 5.41) is 18.8. The van der Waals surface area contributed by atoms with Gasteiger partial charge in [-0.05, 0) is 24.3 Å². The van der Waals surface area contributed by atoms with E-state index in [4.69, 9.17) is 0 Å². The Morgan fingerprint density at radius 1 is 1.27 bits per heavy atom. The molecule has 0 amide bonds. The Labute approximate surface area is 67.6 Å². The lowest BCUT2D eigenvalue weighted by molar-refractivity contribution is 0.197. The van der Waals surface area contributed by atoms with Crippen LogP contribution < -0.4 is 0 Å². The van der Waals surface area contributed by atoms with Gasteiger partial charge in [-0.25, -0.2) is 0 Å². The largest absolute Gasteiger partial charge is 0.389 e. The molecule has 2 heteroatoms. The molecule has 0 bridgehead atoms. The first kappa shape index (κ1) is 8.75. The molecule has 0 aromatic heterocycles. The fourth-order valence-electron chi connectivity index (χ4n) is 1.48. The van der Waals surface area contributed by atoms with E-state index in [0.29, 0.717) is 18.8 Å². The first-order valence-electron chi connectivity index (χ1n) is 4.19. The molecule has 1 fully saturated rings. The molecule has 2 N–H and O–H groups in total. The van der Waals surface area contributed by atoms with Gasteiger partial charge in [-0.3, -0.25) is 0 Å². The van der Waals surface area contributed by atoms with Crippen molar-refractivity contribution in [3.8, 4) is 0 Å². The summed E-state index contributed by atoms with van der Waals surface area (Å²) in [6, 6.07) is 0. The second-order valence-electron chi connectivity index (χ2n) is 3.52. The van der Waals surface area contributed by atoms with E-state index in [1.54, 1.807) is 0 Å². The Bertz CT molecular complexity index is 149. The van der Waals surface area contributed by atoms with Crippen molar-refractivity contribution in [2.75, 3.05) is 0 Å². The van der Waals surface area contributed by atoms with Crippen molar-refractivity contribution in [3.63, 3.8) is 0 Å². The summed E-state index contributed by atoms with van der Waals surface area (Å²) in [5.41, 5.74) is 0.819. The van der Waals surface area contributed by atoms with E-state index in [0.717, 1.165) is 5.57 Å². The van der Waals surface area contributed by atoms with Crippen LogP contribution in [0.5, 0.6) is 0 Å². The topological polar surface area (TPSA) is 40.5 Å². The Morgan fingerprint density at radius 2 is 1.73 bits per heavy atom. The van der Waals surface area contributed by atoms with Crippen molar-refractivity contribution < 1.29 is 10.2 Å². The maximum atomic E-state index is 9.38. The highest BCUT2D eigenvalue weighted by Gasteiger charge is 2.26. The third-order valence-electron chi connectivity index (χ3n) is 2.01. The Morgan fingerprint density at radius 3 is 2.09 bits per heavy atom. The second-order valence-corrected chi connectivity index (χ2v) is 3.52. The number of hydrogen-bond donors (Lipinski definition) is 2. The molecule has 0 saturated heterocycles. The molecule has 0 aromatic rings. The summed E-state index contributed by atoms with van der Waals surface area (Å²) < 4.78 is 0. The number of rotatable bonds is 1. The monoisotopic (exact) mass is 156 g/mol. The van der Waals surface area contributed by atoms with Crippen LogP contribution >= 0.6 is 0 Å². The van der Waals surface area contributed by atoms with Crippen molar-refractivity contribution >= 4 is 0 Å². The molecular formula is C9H16O2. The van der Waals surface area contributed by atoms with Crippen LogP contribution in [0.3, 0.4) is 0 Å². The van der Waals surface area contributed by atoms with Crippen molar-refractivity contribution in [2.45, 2.75) is 38.9 Å². The van der Waals surface area contributed by atoms with Gasteiger partial charge >= 0.3 is 0 Å². The fourth-order valence-corrected chi connectivity index (χ4v) is 1.48. The van der Waals surface area contributed by atoms with E-state index < -0.39 is 12.2 Å². The summed E-state index contributed by atoms with van der Waals surface area (Å²) in [7, 11) is 0. The van der Waals surface area contributed by atoms with Crippen LogP contribution in [0.1, 0.15) is 26.7 Å². The first-order chi connectivity index (χ1) is 5.11. The van der Waals surface area contributed by atoms with Crippen LogP contribution in [0.15, 0.2) is 11.6 Å². The zero-order chi connectivity index (χ0) is 8.43. The van der Waals surface area contributed by atoms with Gasteiger partial charge in [0.2, 0.25) is 0 Å². The molecule has 0 heterocycles. The minimum absolute atomic E-state index is 0.396. The number of allylic oxidation sites excluding steroid dienone is 1. The van der Waals surface area contributed by atoms with Gasteiger partial charge in [-0.2, -0.15) is 0 Å². The maximum Gasteiger partial charge on any atom is 0.0776 e. The third-order valence-corrected chi connectivity index (χ3v) is 2.01. The maximum absolute atomic E-state index is 9.38. The Balaban J connectivity index is 2.67. The van der Waals surface area contributed by atoms with Crippen LogP contribution in [0, 0.1) is 5.92 Å². The van der Waals surface area contributed by atoms with Crippen molar-refractivity contribution in [1.82, 2.24) is 0 Å². The van der Waals surface area contributed by atoms with Gasteiger partial charge in [0, 0.05) is 0 Å². The molecule has 1 rings (SSSR count). The van der Waals surface area contributed by atoms with E-state index in [2.05, 4.69) is 0 Å². The summed E-state index contributed by atoms with van der Waals surface area (Å²) in [6.45, 7) is 4.09. The Hall–Kier alpha value is -0.340. The van der Waals surface area contributed by atoms with Crippen LogP contribution in [0.4, 0.5) is 0 Å². The molecule has 0 radical (unpaired) electrons. The van der Waals surface area contributed by atoms with Crippen LogP contribution in [-0.4, -0.2) is 22.4 Å². The normalized spacial score (nSPS) is 31.5. The number of aliphatic hydroxyl groups excluding tert-OH is 2. The number of hydrogen-bond acceptors (Lipinski definition) is 2. The summed E-state index contributed by atoms with van der Waals surface area (Å²) in [4.78, 5) is 0. The standard InChI is InChI=1S/C9H16O2/c1-6(2)5-7-8(10)3-4-9(7)11/h5-6,8-11H,3-4H2,1-2H3. The summed E-state index contributed by atoms with van der Waals surface area (Å²) in [5.74, 6) is 0.410. The molecule has 1 aliphatic carbocycles. The van der Waals surface area contributed by atoms with Gasteiger partial charge in [0.05, 0.1) is 12.2 Å². The quantitative estimate of drug-likeness (QED) is 0.558. The Kier molecular flexibility index (Phi) is 2.68. The highest BCUT2D eigenvalue weighted by molar-refractivity contribution is 5.18. The van der Waals surface area contributed by atoms with Crippen molar-refractivity contribution in [2.24, 2.45) is 5.92 Å². The lowest BCUT2D eigenvalue weighted by Crippen LogP contribution is -2.11. The highest BCUT2D eigenvalue weighted by Crippen LogP contribution is 2.26. The predicted molar refractivity (Wildman–Crippen MR) is 44.2 cm³/mol. The molecule has 11 heavy (non-hydrogen) atoms. The van der Waals surface area contributed by atoms with Crippen molar-refractivity contribution in [1.29, 1.82) is 0 Å². The minimum atomic E-state index is -0.396. The van der Waals surface area contributed by atoms with Gasteiger partial charge in [-0.15, -0.1) is 0 Å². The van der Waals surface area contributed by atoms with Gasteiger partial charge in [0.15, 0.2) is 0 Å². The highest BCUT2D eigenvalue weighted by atomic mass is 16.3. The van der Waals surface area contributed by atoms with Crippen LogP contribution in [0.25, 0.3) is 0 Å². The molecule has 0 spiro atoms. The van der Waals surface area contributed by atoms with Gasteiger partial charge in [0.1, 0.15) is 0 Å². The van der Waals surface area contributed by atoms with Gasteiger partial charge in [0.25, 0.3) is 0 Å². The van der Waals surface area contributed by atoms with Crippen molar-refractivity contribution in [3.05, 3.63) is 11.6 Å². The van der Waals surface area contributed by atoms with E-state index >= 15 is 0 Å². The molecule has 0 aliphatic heterocycles. The van der Waals surface area contributed by atoms with E-state index in [1.807, 2.05) is 19.9 Å². The fraction of sp³-hybridized carbons (Fsp3) is 0.778. The summed E-state index contributed by atoms with van der Waals surface area (Å²) in [6.07, 6.45) is 2.58. The van der Waals surface area contributed by atoms with Crippen LogP contribution in [0.2, 0.25) is 0 Å². The average Bonchev–Trinajstić information content (AvgIpc) is 2.18. The molecule has 0 aromatic carbocycles. The molecule has 64 valence electrons. The lowest BCUT2D eigenvalue weighted by Gasteiger charge is -2.08. The van der Waals surface area contributed by atoms with Gasteiger partial charge < -0.3 is 10.2 Å². The van der Waals surface area contributed by atoms with Crippen LogP contribution in [-0.2, 0) is 0 Å². The number of aliphatic hydroxyl groups is 2.